The molecule has 0 unspecified atom stereocenters. The van der Waals surface area contributed by atoms with Crippen LogP contribution in [0.5, 0.6) is 0 Å². The summed E-state index contributed by atoms with van der Waals surface area (Å²) < 4.78 is 13.1. The van der Waals surface area contributed by atoms with E-state index in [1.54, 1.807) is 24.3 Å². The van der Waals surface area contributed by atoms with Crippen molar-refractivity contribution in [2.75, 3.05) is 5.73 Å². The van der Waals surface area contributed by atoms with Crippen LogP contribution in [0.2, 0.25) is 0 Å². The van der Waals surface area contributed by atoms with Crippen molar-refractivity contribution >= 4 is 28.4 Å². The molecule has 1 heterocycles. The Morgan fingerprint density at radius 3 is 2.52 bits per heavy atom. The first-order valence-electron chi connectivity index (χ1n) is 6.78. The molecule has 0 saturated carbocycles. The first kappa shape index (κ1) is 14.6. The van der Waals surface area contributed by atoms with Crippen LogP contribution in [0.3, 0.4) is 0 Å². The van der Waals surface area contributed by atoms with Crippen LogP contribution in [0.15, 0.2) is 48.5 Å². The van der Waals surface area contributed by atoms with Crippen molar-refractivity contribution in [3.63, 3.8) is 0 Å². The highest BCUT2D eigenvalue weighted by atomic mass is 19.1. The Morgan fingerprint density at radius 2 is 1.74 bits per heavy atom. The van der Waals surface area contributed by atoms with Crippen LogP contribution < -0.4 is 16.6 Å². The van der Waals surface area contributed by atoms with Gasteiger partial charge in [0.05, 0.1) is 5.56 Å². The number of hydrogen-bond acceptors (Lipinski definition) is 3. The molecule has 0 aliphatic heterocycles. The fraction of sp³-hybridized carbons (Fsp3) is 0. The van der Waals surface area contributed by atoms with Crippen molar-refractivity contribution in [3.8, 4) is 0 Å². The van der Waals surface area contributed by atoms with E-state index in [-0.39, 0.29) is 11.3 Å². The van der Waals surface area contributed by atoms with Gasteiger partial charge in [0.25, 0.3) is 11.8 Å². The number of fused-ring (bicyclic) bond motifs is 1. The van der Waals surface area contributed by atoms with Crippen LogP contribution in [0.4, 0.5) is 10.1 Å². The number of hydrazine groups is 1. The van der Waals surface area contributed by atoms with E-state index in [0.29, 0.717) is 16.6 Å². The van der Waals surface area contributed by atoms with E-state index < -0.39 is 17.6 Å². The summed E-state index contributed by atoms with van der Waals surface area (Å²) in [6.07, 6.45) is 0. The molecule has 0 bridgehead atoms. The molecular weight excluding hydrogens is 299 g/mol. The molecule has 7 heteroatoms. The molecule has 116 valence electrons. The van der Waals surface area contributed by atoms with Crippen LogP contribution in [0.25, 0.3) is 10.9 Å². The molecule has 0 spiro atoms. The zero-order valence-corrected chi connectivity index (χ0v) is 11.9. The van der Waals surface area contributed by atoms with Gasteiger partial charge in [0.2, 0.25) is 0 Å². The molecule has 0 atom stereocenters. The number of rotatable bonds is 2. The second-order valence-electron chi connectivity index (χ2n) is 4.91. The number of amides is 2. The molecule has 0 radical (unpaired) electrons. The van der Waals surface area contributed by atoms with Crippen molar-refractivity contribution in [2.24, 2.45) is 0 Å². The lowest BCUT2D eigenvalue weighted by Crippen LogP contribution is -2.42. The molecule has 0 saturated heterocycles. The summed E-state index contributed by atoms with van der Waals surface area (Å²) in [4.78, 5) is 26.8. The molecule has 1 aromatic heterocycles. The summed E-state index contributed by atoms with van der Waals surface area (Å²) in [6, 6.07) is 12.1. The molecule has 2 amide bonds. The highest BCUT2D eigenvalue weighted by molar-refractivity contribution is 6.02. The smallest absolute Gasteiger partial charge is 0.286 e. The van der Waals surface area contributed by atoms with Gasteiger partial charge >= 0.3 is 0 Å². The van der Waals surface area contributed by atoms with Crippen molar-refractivity contribution in [3.05, 3.63) is 65.6 Å². The molecule has 3 rings (SSSR count). The first-order chi connectivity index (χ1) is 11.0. The van der Waals surface area contributed by atoms with Crippen molar-refractivity contribution in [1.82, 2.24) is 15.8 Å². The number of hydrogen-bond donors (Lipinski definition) is 4. The summed E-state index contributed by atoms with van der Waals surface area (Å²) in [5.74, 6) is -1.47. The quantitative estimate of drug-likeness (QED) is 0.430. The number of nitrogen functional groups attached to an aromatic ring is 1. The summed E-state index contributed by atoms with van der Waals surface area (Å²) in [7, 11) is 0. The van der Waals surface area contributed by atoms with Gasteiger partial charge in [-0.1, -0.05) is 12.1 Å². The molecule has 0 aliphatic rings. The second kappa shape index (κ2) is 5.80. The lowest BCUT2D eigenvalue weighted by molar-refractivity contribution is 0.0845. The third kappa shape index (κ3) is 2.98. The minimum atomic E-state index is -0.551. The molecule has 6 nitrogen and oxygen atoms in total. The molecular formula is C16H13FN4O2. The van der Waals surface area contributed by atoms with Gasteiger partial charge < -0.3 is 10.7 Å². The minimum Gasteiger partial charge on any atom is -0.398 e. The van der Waals surface area contributed by atoms with Crippen LogP contribution in [-0.2, 0) is 0 Å². The standard InChI is InChI=1S/C16H13FN4O2/c17-10-5-6-13-9(7-10)8-14(19-13)16(23)21-20-15(22)11-3-1-2-4-12(11)18/h1-8,19H,18H2,(H,20,22)(H,21,23). The Labute approximate surface area is 130 Å². The van der Waals surface area contributed by atoms with E-state index >= 15 is 0 Å². The van der Waals surface area contributed by atoms with E-state index in [1.165, 1.54) is 24.3 Å². The lowest BCUT2D eigenvalue weighted by Gasteiger charge is -2.08. The molecule has 23 heavy (non-hydrogen) atoms. The number of para-hydroxylation sites is 1. The number of anilines is 1. The zero-order valence-electron chi connectivity index (χ0n) is 11.9. The first-order valence-corrected chi connectivity index (χ1v) is 6.78. The average molecular weight is 312 g/mol. The molecule has 3 aromatic rings. The lowest BCUT2D eigenvalue weighted by atomic mass is 10.2. The van der Waals surface area contributed by atoms with Gasteiger partial charge in [0.15, 0.2) is 0 Å². The monoisotopic (exact) mass is 312 g/mol. The van der Waals surface area contributed by atoms with E-state index in [9.17, 15) is 14.0 Å². The van der Waals surface area contributed by atoms with Crippen molar-refractivity contribution in [2.45, 2.75) is 0 Å². The Morgan fingerprint density at radius 1 is 1.00 bits per heavy atom. The number of carbonyl (C=O) groups excluding carboxylic acids is 2. The third-order valence-electron chi connectivity index (χ3n) is 3.32. The Bertz CT molecular complexity index is 904. The Kier molecular flexibility index (Phi) is 3.68. The number of nitrogens with one attached hydrogen (secondary N) is 3. The number of carbonyl (C=O) groups is 2. The van der Waals surface area contributed by atoms with Crippen LogP contribution in [-0.4, -0.2) is 16.8 Å². The van der Waals surface area contributed by atoms with Crippen LogP contribution >= 0.6 is 0 Å². The van der Waals surface area contributed by atoms with Gasteiger partial charge in [-0.3, -0.25) is 20.4 Å². The maximum Gasteiger partial charge on any atom is 0.286 e. The van der Waals surface area contributed by atoms with Crippen molar-refractivity contribution < 1.29 is 14.0 Å². The van der Waals surface area contributed by atoms with Crippen LogP contribution in [0.1, 0.15) is 20.8 Å². The second-order valence-corrected chi connectivity index (χ2v) is 4.91. The predicted octanol–water partition coefficient (Wildman–Crippen LogP) is 1.96. The van der Waals surface area contributed by atoms with Gasteiger partial charge in [-0.05, 0) is 36.4 Å². The third-order valence-corrected chi connectivity index (χ3v) is 3.32. The van der Waals surface area contributed by atoms with E-state index in [2.05, 4.69) is 15.8 Å². The van der Waals surface area contributed by atoms with Gasteiger partial charge in [0, 0.05) is 16.6 Å². The van der Waals surface area contributed by atoms with Gasteiger partial charge in [-0.15, -0.1) is 0 Å². The van der Waals surface area contributed by atoms with E-state index in [4.69, 9.17) is 5.73 Å². The summed E-state index contributed by atoms with van der Waals surface area (Å²) in [6.45, 7) is 0. The predicted molar refractivity (Wildman–Crippen MR) is 84.0 cm³/mol. The summed E-state index contributed by atoms with van der Waals surface area (Å²) >= 11 is 0. The molecule has 0 fully saturated rings. The molecule has 0 aliphatic carbocycles. The number of halogens is 1. The zero-order chi connectivity index (χ0) is 16.4. The van der Waals surface area contributed by atoms with E-state index in [1.807, 2.05) is 0 Å². The fourth-order valence-corrected chi connectivity index (χ4v) is 2.18. The normalized spacial score (nSPS) is 10.5. The average Bonchev–Trinajstić information content (AvgIpc) is 2.95. The Hall–Kier alpha value is -3.35. The SMILES string of the molecule is Nc1ccccc1C(=O)NNC(=O)c1cc2cc(F)ccc2[nH]1. The minimum absolute atomic E-state index is 0.201. The maximum atomic E-state index is 13.1. The number of nitrogens with two attached hydrogens (primary N) is 1. The van der Waals surface area contributed by atoms with E-state index in [0.717, 1.165) is 0 Å². The number of aromatic amines is 1. The molecule has 2 aromatic carbocycles. The number of benzene rings is 2. The Balaban J connectivity index is 1.71. The van der Waals surface area contributed by atoms with Crippen molar-refractivity contribution in [1.29, 1.82) is 0 Å². The highest BCUT2D eigenvalue weighted by Gasteiger charge is 2.13. The largest absolute Gasteiger partial charge is 0.398 e. The molecule has 5 N–H and O–H groups in total. The topological polar surface area (TPSA) is 100 Å². The maximum absolute atomic E-state index is 13.1. The highest BCUT2D eigenvalue weighted by Crippen LogP contribution is 2.16. The summed E-state index contributed by atoms with van der Waals surface area (Å²) in [5.41, 5.74) is 11.6. The van der Waals surface area contributed by atoms with Crippen LogP contribution in [0, 0.1) is 5.82 Å². The van der Waals surface area contributed by atoms with Gasteiger partial charge in [0.1, 0.15) is 11.5 Å². The summed E-state index contributed by atoms with van der Waals surface area (Å²) in [5, 5.41) is 0.564. The number of H-pyrrole nitrogens is 1. The number of aromatic nitrogens is 1. The van der Waals surface area contributed by atoms with Gasteiger partial charge in [-0.2, -0.15) is 0 Å². The van der Waals surface area contributed by atoms with Gasteiger partial charge in [-0.25, -0.2) is 4.39 Å². The fourth-order valence-electron chi connectivity index (χ4n) is 2.18.